The van der Waals surface area contributed by atoms with E-state index in [1.807, 2.05) is 0 Å². The summed E-state index contributed by atoms with van der Waals surface area (Å²) in [6, 6.07) is 5.06. The molecule has 0 bridgehead atoms. The lowest BCUT2D eigenvalue weighted by molar-refractivity contribution is -0.145. The number of halogens is 1. The van der Waals surface area contributed by atoms with E-state index in [4.69, 9.17) is 16.3 Å². The summed E-state index contributed by atoms with van der Waals surface area (Å²) >= 11 is 7.55. The molecule has 3 aliphatic rings. The molecule has 7 heteroatoms. The number of amides is 2. The molecule has 148 valence electrons. The van der Waals surface area contributed by atoms with Crippen molar-refractivity contribution in [1.29, 1.82) is 0 Å². The number of hydrogen-bond donors (Lipinski definition) is 0. The van der Waals surface area contributed by atoms with Gasteiger partial charge in [-0.3, -0.25) is 14.4 Å². The number of carbonyl (C=O) groups excluding carboxylic acids is 3. The second kappa shape index (κ2) is 8.29. The van der Waals surface area contributed by atoms with Crippen molar-refractivity contribution >= 4 is 46.8 Å². The van der Waals surface area contributed by atoms with Gasteiger partial charge in [-0.25, -0.2) is 4.90 Å². The van der Waals surface area contributed by atoms with E-state index in [0.29, 0.717) is 39.6 Å². The maximum absolute atomic E-state index is 12.7. The van der Waals surface area contributed by atoms with Crippen LogP contribution in [0.15, 0.2) is 34.2 Å². The van der Waals surface area contributed by atoms with Gasteiger partial charge in [0, 0.05) is 16.0 Å². The first-order valence-corrected chi connectivity index (χ1v) is 11.1. The smallest absolute Gasteiger partial charge is 0.316 e. The Morgan fingerprint density at radius 3 is 2.36 bits per heavy atom. The molecule has 1 fully saturated rings. The third kappa shape index (κ3) is 3.85. The summed E-state index contributed by atoms with van der Waals surface area (Å²) in [5.41, 5.74) is 1.81. The van der Waals surface area contributed by atoms with Gasteiger partial charge < -0.3 is 4.74 Å². The highest BCUT2D eigenvalue weighted by molar-refractivity contribution is 8.00. The molecule has 0 aromatic heterocycles. The number of carbonyl (C=O) groups is 3. The van der Waals surface area contributed by atoms with Crippen LogP contribution < -0.4 is 4.90 Å². The fourth-order valence-electron chi connectivity index (χ4n) is 4.08. The van der Waals surface area contributed by atoms with Gasteiger partial charge in [0.15, 0.2) is 0 Å². The quantitative estimate of drug-likeness (QED) is 0.394. The first-order valence-electron chi connectivity index (χ1n) is 9.77. The molecule has 2 amide bonds. The normalized spacial score (nSPS) is 20.1. The number of benzene rings is 1. The molecule has 1 saturated carbocycles. The number of anilines is 1. The Bertz CT molecular complexity index is 832. The average Bonchev–Trinajstić information content (AvgIpc) is 3.29. The Balaban J connectivity index is 1.46. The highest BCUT2D eigenvalue weighted by Crippen LogP contribution is 2.38. The molecule has 0 saturated heterocycles. The zero-order valence-electron chi connectivity index (χ0n) is 15.5. The molecular weight excluding hydrogens is 398 g/mol. The van der Waals surface area contributed by atoms with Crippen LogP contribution in [0.2, 0.25) is 5.02 Å². The summed E-state index contributed by atoms with van der Waals surface area (Å²) in [5, 5.41) is 0.485. The highest BCUT2D eigenvalue weighted by Gasteiger charge is 2.39. The second-order valence-corrected chi connectivity index (χ2v) is 8.83. The summed E-state index contributed by atoms with van der Waals surface area (Å²) in [4.78, 5) is 39.5. The van der Waals surface area contributed by atoms with Crippen LogP contribution in [0.5, 0.6) is 0 Å². The molecular formula is C21H22ClNO4S. The minimum Gasteiger partial charge on any atom is -0.462 e. The summed E-state index contributed by atoms with van der Waals surface area (Å²) in [6.07, 6.45) is 7.33. The van der Waals surface area contributed by atoms with Crippen molar-refractivity contribution in [3.8, 4) is 0 Å². The number of nitrogens with zero attached hydrogens (tertiary/aromatic N) is 1. The molecule has 28 heavy (non-hydrogen) atoms. The summed E-state index contributed by atoms with van der Waals surface area (Å²) in [7, 11) is 0. The first kappa shape index (κ1) is 19.5. The second-order valence-electron chi connectivity index (χ2n) is 7.41. The van der Waals surface area contributed by atoms with Crippen LogP contribution in [0.25, 0.3) is 0 Å². The van der Waals surface area contributed by atoms with Crippen LogP contribution in [-0.4, -0.2) is 29.6 Å². The van der Waals surface area contributed by atoms with Crippen LogP contribution in [0.1, 0.15) is 51.4 Å². The lowest BCUT2D eigenvalue weighted by Gasteiger charge is -2.17. The van der Waals surface area contributed by atoms with Crippen molar-refractivity contribution in [3.63, 3.8) is 0 Å². The fraction of sp³-hybridized carbons (Fsp3) is 0.476. The predicted molar refractivity (Wildman–Crippen MR) is 109 cm³/mol. The molecule has 0 atom stereocenters. The Hall–Kier alpha value is -1.79. The van der Waals surface area contributed by atoms with Gasteiger partial charge in [0.1, 0.15) is 6.10 Å². The van der Waals surface area contributed by atoms with Crippen LogP contribution in [0.4, 0.5) is 5.69 Å². The molecule has 1 heterocycles. The summed E-state index contributed by atoms with van der Waals surface area (Å²) in [5.74, 6) is -0.558. The SMILES string of the molecule is O=C(CSc1cc(N2C(=O)C3=C(CCCC3)C2=O)ccc1Cl)OC1CCCC1. The first-order chi connectivity index (χ1) is 13.5. The van der Waals surface area contributed by atoms with Crippen LogP contribution >= 0.6 is 23.4 Å². The van der Waals surface area contributed by atoms with Gasteiger partial charge in [-0.2, -0.15) is 0 Å². The van der Waals surface area contributed by atoms with E-state index in [0.717, 1.165) is 38.5 Å². The Kier molecular flexibility index (Phi) is 5.78. The van der Waals surface area contributed by atoms with Crippen molar-refractivity contribution in [1.82, 2.24) is 0 Å². The summed E-state index contributed by atoms with van der Waals surface area (Å²) < 4.78 is 5.47. The standard InChI is InChI=1S/C21H22ClNO4S/c22-17-10-9-13(23-20(25)15-7-3-4-8-16(15)21(23)26)11-18(17)28-12-19(24)27-14-5-1-2-6-14/h9-11,14H,1-8,12H2. The van der Waals surface area contributed by atoms with E-state index in [1.54, 1.807) is 18.2 Å². The van der Waals surface area contributed by atoms with E-state index in [9.17, 15) is 14.4 Å². The van der Waals surface area contributed by atoms with E-state index in [2.05, 4.69) is 0 Å². The van der Waals surface area contributed by atoms with E-state index >= 15 is 0 Å². The maximum Gasteiger partial charge on any atom is 0.316 e. The fourth-order valence-corrected chi connectivity index (χ4v) is 5.11. The van der Waals surface area contributed by atoms with Gasteiger partial charge in [-0.15, -0.1) is 11.8 Å². The number of esters is 1. The largest absolute Gasteiger partial charge is 0.462 e. The molecule has 1 aromatic carbocycles. The molecule has 4 rings (SSSR count). The van der Waals surface area contributed by atoms with E-state index in [1.165, 1.54) is 16.7 Å². The lowest BCUT2D eigenvalue weighted by Crippen LogP contribution is -2.31. The zero-order chi connectivity index (χ0) is 19.7. The van der Waals surface area contributed by atoms with Crippen LogP contribution in [-0.2, 0) is 19.1 Å². The minimum absolute atomic E-state index is 0.0344. The van der Waals surface area contributed by atoms with Gasteiger partial charge in [0.05, 0.1) is 16.5 Å². The van der Waals surface area contributed by atoms with Crippen molar-refractivity contribution < 1.29 is 19.1 Å². The molecule has 2 aliphatic carbocycles. The van der Waals surface area contributed by atoms with E-state index in [-0.39, 0.29) is 29.6 Å². The molecule has 0 radical (unpaired) electrons. The van der Waals surface area contributed by atoms with Gasteiger partial charge in [-0.05, 0) is 69.6 Å². The Morgan fingerprint density at radius 2 is 1.71 bits per heavy atom. The van der Waals surface area contributed by atoms with Crippen LogP contribution in [0.3, 0.4) is 0 Å². The molecule has 0 N–H and O–H groups in total. The summed E-state index contributed by atoms with van der Waals surface area (Å²) in [6.45, 7) is 0. The van der Waals surface area contributed by atoms with Gasteiger partial charge in [-0.1, -0.05) is 11.6 Å². The Morgan fingerprint density at radius 1 is 1.07 bits per heavy atom. The minimum atomic E-state index is -0.260. The van der Waals surface area contributed by atoms with Crippen molar-refractivity contribution in [2.45, 2.75) is 62.4 Å². The topological polar surface area (TPSA) is 63.7 Å². The molecule has 0 unspecified atom stereocenters. The number of ether oxygens (including phenoxy) is 1. The van der Waals surface area contributed by atoms with Crippen molar-refractivity contribution in [3.05, 3.63) is 34.4 Å². The predicted octanol–water partition coefficient (Wildman–Crippen LogP) is 4.66. The monoisotopic (exact) mass is 419 g/mol. The number of thioether (sulfide) groups is 1. The average molecular weight is 420 g/mol. The zero-order valence-corrected chi connectivity index (χ0v) is 17.1. The Labute approximate surface area is 173 Å². The van der Waals surface area contributed by atoms with Crippen molar-refractivity contribution in [2.75, 3.05) is 10.7 Å². The molecule has 0 spiro atoms. The molecule has 1 aromatic rings. The molecule has 1 aliphatic heterocycles. The van der Waals surface area contributed by atoms with Gasteiger partial charge in [0.2, 0.25) is 0 Å². The lowest BCUT2D eigenvalue weighted by atomic mass is 9.93. The van der Waals surface area contributed by atoms with Gasteiger partial charge >= 0.3 is 5.97 Å². The molecule has 5 nitrogen and oxygen atoms in total. The highest BCUT2D eigenvalue weighted by atomic mass is 35.5. The number of imide groups is 1. The van der Waals surface area contributed by atoms with Crippen LogP contribution in [0, 0.1) is 0 Å². The maximum atomic E-state index is 12.7. The number of hydrogen-bond acceptors (Lipinski definition) is 5. The van der Waals surface area contributed by atoms with Crippen molar-refractivity contribution in [2.24, 2.45) is 0 Å². The third-order valence-corrected chi connectivity index (χ3v) is 6.98. The van der Waals surface area contributed by atoms with Gasteiger partial charge in [0.25, 0.3) is 11.8 Å². The van der Waals surface area contributed by atoms with E-state index < -0.39 is 0 Å². The third-order valence-electron chi connectivity index (χ3n) is 5.51. The number of rotatable bonds is 5.